The van der Waals surface area contributed by atoms with Crippen LogP contribution >= 0.6 is 15.9 Å². The summed E-state index contributed by atoms with van der Waals surface area (Å²) >= 11 is 3.41. The summed E-state index contributed by atoms with van der Waals surface area (Å²) in [6.07, 6.45) is 1.94. The van der Waals surface area contributed by atoms with Gasteiger partial charge in [0.1, 0.15) is 11.8 Å². The average Bonchev–Trinajstić information content (AvgIpc) is 2.51. The molecular formula is C9H11BrN2. The first-order valence-electron chi connectivity index (χ1n) is 3.89. The minimum absolute atomic E-state index is 0.560. The van der Waals surface area contributed by atoms with Gasteiger partial charge in [0, 0.05) is 18.1 Å². The van der Waals surface area contributed by atoms with E-state index in [0.717, 1.165) is 17.6 Å². The molecule has 0 aliphatic heterocycles. The van der Waals surface area contributed by atoms with Crippen molar-refractivity contribution in [3.8, 4) is 6.07 Å². The van der Waals surface area contributed by atoms with Gasteiger partial charge in [0.2, 0.25) is 0 Å². The van der Waals surface area contributed by atoms with E-state index < -0.39 is 0 Å². The average molecular weight is 227 g/mol. The zero-order valence-electron chi connectivity index (χ0n) is 7.00. The molecule has 1 heterocycles. The number of nitrogens with zero attached hydrogens (tertiary/aromatic N) is 2. The van der Waals surface area contributed by atoms with E-state index >= 15 is 0 Å². The first-order valence-corrected chi connectivity index (χ1v) is 5.01. The van der Waals surface area contributed by atoms with Crippen LogP contribution in [0.2, 0.25) is 0 Å². The number of rotatable bonds is 3. The van der Waals surface area contributed by atoms with Gasteiger partial charge in [-0.3, -0.25) is 0 Å². The Hall–Kier alpha value is -0.750. The lowest BCUT2D eigenvalue weighted by Gasteiger charge is -2.09. The third kappa shape index (κ3) is 2.12. The van der Waals surface area contributed by atoms with Crippen molar-refractivity contribution in [3.05, 3.63) is 24.0 Å². The molecule has 0 N–H and O–H groups in total. The highest BCUT2D eigenvalue weighted by atomic mass is 79.9. The van der Waals surface area contributed by atoms with Gasteiger partial charge in [0.15, 0.2) is 0 Å². The van der Waals surface area contributed by atoms with Crippen LogP contribution in [0.1, 0.15) is 12.6 Å². The standard InChI is InChI=1S/C9H11BrN2/c1-8(5-10)7-12-4-2-3-9(12)6-11/h2-4,8H,5,7H2,1H3. The fraction of sp³-hybridized carbons (Fsp3) is 0.444. The van der Waals surface area contributed by atoms with E-state index in [9.17, 15) is 0 Å². The summed E-state index contributed by atoms with van der Waals surface area (Å²) < 4.78 is 1.98. The van der Waals surface area contributed by atoms with Crippen molar-refractivity contribution < 1.29 is 0 Å². The van der Waals surface area contributed by atoms with Crippen LogP contribution in [0.15, 0.2) is 18.3 Å². The Morgan fingerprint density at radius 3 is 3.08 bits per heavy atom. The normalized spacial score (nSPS) is 12.4. The molecule has 0 bridgehead atoms. The number of hydrogen-bond acceptors (Lipinski definition) is 1. The lowest BCUT2D eigenvalue weighted by molar-refractivity contribution is 0.532. The van der Waals surface area contributed by atoms with Crippen LogP contribution in [0.25, 0.3) is 0 Å². The lowest BCUT2D eigenvalue weighted by atomic mass is 10.2. The topological polar surface area (TPSA) is 28.7 Å². The molecule has 0 aliphatic carbocycles. The van der Waals surface area contributed by atoms with Crippen molar-refractivity contribution in [2.75, 3.05) is 5.33 Å². The molecule has 0 aromatic carbocycles. The molecule has 3 heteroatoms. The Kier molecular flexibility index (Phi) is 3.36. The largest absolute Gasteiger partial charge is 0.339 e. The van der Waals surface area contributed by atoms with E-state index in [1.165, 1.54) is 0 Å². The predicted octanol–water partition coefficient (Wildman–Crippen LogP) is 2.39. The maximum Gasteiger partial charge on any atom is 0.120 e. The second kappa shape index (κ2) is 4.32. The number of alkyl halides is 1. The third-order valence-electron chi connectivity index (χ3n) is 1.72. The van der Waals surface area contributed by atoms with Gasteiger partial charge < -0.3 is 4.57 Å². The first-order chi connectivity index (χ1) is 5.77. The van der Waals surface area contributed by atoms with E-state index in [0.29, 0.717) is 5.92 Å². The SMILES string of the molecule is CC(CBr)Cn1cccc1C#N. The molecule has 0 fully saturated rings. The van der Waals surface area contributed by atoms with Gasteiger partial charge in [-0.2, -0.15) is 5.26 Å². The highest BCUT2D eigenvalue weighted by Crippen LogP contribution is 2.07. The van der Waals surface area contributed by atoms with Gasteiger partial charge in [-0.25, -0.2) is 0 Å². The molecule has 1 rings (SSSR count). The maximum absolute atomic E-state index is 8.71. The second-order valence-electron chi connectivity index (χ2n) is 2.92. The molecule has 0 radical (unpaired) electrons. The maximum atomic E-state index is 8.71. The van der Waals surface area contributed by atoms with Gasteiger partial charge in [-0.1, -0.05) is 22.9 Å². The van der Waals surface area contributed by atoms with Crippen molar-refractivity contribution in [1.29, 1.82) is 5.26 Å². The van der Waals surface area contributed by atoms with Crippen LogP contribution in [0.5, 0.6) is 0 Å². The van der Waals surface area contributed by atoms with Crippen LogP contribution in [0, 0.1) is 17.2 Å². The Morgan fingerprint density at radius 2 is 2.50 bits per heavy atom. The van der Waals surface area contributed by atoms with Crippen molar-refractivity contribution >= 4 is 15.9 Å². The zero-order chi connectivity index (χ0) is 8.97. The van der Waals surface area contributed by atoms with Crippen molar-refractivity contribution in [2.45, 2.75) is 13.5 Å². The predicted molar refractivity (Wildman–Crippen MR) is 52.1 cm³/mol. The zero-order valence-corrected chi connectivity index (χ0v) is 8.58. The number of halogens is 1. The Labute approximate surface area is 80.9 Å². The van der Waals surface area contributed by atoms with Gasteiger partial charge in [0.05, 0.1) is 0 Å². The first kappa shape index (κ1) is 9.34. The second-order valence-corrected chi connectivity index (χ2v) is 3.56. The fourth-order valence-electron chi connectivity index (χ4n) is 1.06. The van der Waals surface area contributed by atoms with Gasteiger partial charge in [-0.05, 0) is 18.1 Å². The summed E-state index contributed by atoms with van der Waals surface area (Å²) in [5.74, 6) is 0.560. The summed E-state index contributed by atoms with van der Waals surface area (Å²) in [4.78, 5) is 0. The molecule has 1 aromatic rings. The van der Waals surface area contributed by atoms with Gasteiger partial charge in [0.25, 0.3) is 0 Å². The van der Waals surface area contributed by atoms with Crippen LogP contribution in [-0.4, -0.2) is 9.90 Å². The lowest BCUT2D eigenvalue weighted by Crippen LogP contribution is -2.08. The molecule has 0 aliphatic rings. The molecule has 12 heavy (non-hydrogen) atoms. The summed E-state index contributed by atoms with van der Waals surface area (Å²) in [6.45, 7) is 3.05. The number of aromatic nitrogens is 1. The van der Waals surface area contributed by atoms with E-state index in [2.05, 4.69) is 28.9 Å². The van der Waals surface area contributed by atoms with Crippen molar-refractivity contribution in [3.63, 3.8) is 0 Å². The van der Waals surface area contributed by atoms with Crippen LogP contribution in [0.3, 0.4) is 0 Å². The van der Waals surface area contributed by atoms with E-state index in [4.69, 9.17) is 5.26 Å². The highest BCUT2D eigenvalue weighted by molar-refractivity contribution is 9.09. The third-order valence-corrected chi connectivity index (χ3v) is 2.82. The minimum Gasteiger partial charge on any atom is -0.339 e. The molecule has 1 unspecified atom stereocenters. The Balaban J connectivity index is 2.69. The summed E-state index contributed by atoms with van der Waals surface area (Å²) in [6, 6.07) is 5.89. The summed E-state index contributed by atoms with van der Waals surface area (Å²) in [7, 11) is 0. The molecule has 0 amide bonds. The monoisotopic (exact) mass is 226 g/mol. The fourth-order valence-corrected chi connectivity index (χ4v) is 1.26. The molecule has 2 nitrogen and oxygen atoms in total. The summed E-state index contributed by atoms with van der Waals surface area (Å²) in [5, 5.41) is 9.68. The molecule has 64 valence electrons. The Bertz CT molecular complexity index is 285. The molecule has 0 spiro atoms. The molecule has 1 atom stereocenters. The summed E-state index contributed by atoms with van der Waals surface area (Å²) in [5.41, 5.74) is 0.739. The van der Waals surface area contributed by atoms with Crippen LogP contribution in [0.4, 0.5) is 0 Å². The minimum atomic E-state index is 0.560. The highest BCUT2D eigenvalue weighted by Gasteiger charge is 2.03. The smallest absolute Gasteiger partial charge is 0.120 e. The van der Waals surface area contributed by atoms with Crippen molar-refractivity contribution in [2.24, 2.45) is 5.92 Å². The quantitative estimate of drug-likeness (QED) is 0.729. The molecular weight excluding hydrogens is 216 g/mol. The van der Waals surface area contributed by atoms with E-state index in [-0.39, 0.29) is 0 Å². The Morgan fingerprint density at radius 1 is 1.75 bits per heavy atom. The molecule has 0 saturated heterocycles. The van der Waals surface area contributed by atoms with Crippen molar-refractivity contribution in [1.82, 2.24) is 4.57 Å². The molecule has 0 saturated carbocycles. The number of nitriles is 1. The number of hydrogen-bond donors (Lipinski definition) is 0. The van der Waals surface area contributed by atoms with Crippen LogP contribution < -0.4 is 0 Å². The molecule has 1 aromatic heterocycles. The van der Waals surface area contributed by atoms with Gasteiger partial charge in [-0.15, -0.1) is 0 Å². The van der Waals surface area contributed by atoms with Crippen LogP contribution in [-0.2, 0) is 6.54 Å². The van der Waals surface area contributed by atoms with E-state index in [1.54, 1.807) is 0 Å². The van der Waals surface area contributed by atoms with E-state index in [1.807, 2.05) is 22.9 Å². The van der Waals surface area contributed by atoms with Gasteiger partial charge >= 0.3 is 0 Å².